The molecule has 0 aliphatic carbocycles. The Bertz CT molecular complexity index is 677. The van der Waals surface area contributed by atoms with Gasteiger partial charge < -0.3 is 10.2 Å². The predicted octanol–water partition coefficient (Wildman–Crippen LogP) is 5.46. The molecule has 4 heteroatoms. The van der Waals surface area contributed by atoms with Gasteiger partial charge >= 0.3 is 0 Å². The zero-order valence-corrected chi connectivity index (χ0v) is 15.9. The Labute approximate surface area is 151 Å². The third kappa shape index (κ3) is 4.12. The van der Waals surface area contributed by atoms with E-state index in [1.807, 2.05) is 12.3 Å². The number of piperidine rings is 1. The molecule has 25 heavy (non-hydrogen) atoms. The molecule has 1 aliphatic rings. The Morgan fingerprint density at radius 2 is 1.56 bits per heavy atom. The summed E-state index contributed by atoms with van der Waals surface area (Å²) in [7, 11) is 0. The number of hydrogen-bond donors (Lipinski definition) is 1. The molecule has 0 spiro atoms. The zero-order chi connectivity index (χ0) is 17.8. The Morgan fingerprint density at radius 1 is 0.920 bits per heavy atom. The average molecular weight is 338 g/mol. The number of nitrogens with one attached hydrogen (secondary N) is 1. The first-order chi connectivity index (χ1) is 12.1. The van der Waals surface area contributed by atoms with Crippen LogP contribution in [0.15, 0.2) is 30.5 Å². The van der Waals surface area contributed by atoms with Gasteiger partial charge in [0.2, 0.25) is 5.95 Å². The van der Waals surface area contributed by atoms with Gasteiger partial charge in [0.15, 0.2) is 0 Å². The molecule has 1 N–H and O–H groups in total. The molecule has 0 atom stereocenters. The van der Waals surface area contributed by atoms with Gasteiger partial charge in [0.25, 0.3) is 0 Å². The summed E-state index contributed by atoms with van der Waals surface area (Å²) in [4.78, 5) is 11.6. The summed E-state index contributed by atoms with van der Waals surface area (Å²) in [5.41, 5.74) is 3.88. The first-order valence-electron chi connectivity index (χ1n) is 9.54. The molecule has 1 aliphatic heterocycles. The van der Waals surface area contributed by atoms with Gasteiger partial charge in [-0.1, -0.05) is 45.9 Å². The van der Waals surface area contributed by atoms with E-state index in [-0.39, 0.29) is 0 Å². The Hall–Kier alpha value is -2.10. The van der Waals surface area contributed by atoms with Gasteiger partial charge in [-0.2, -0.15) is 4.98 Å². The van der Waals surface area contributed by atoms with E-state index in [0.29, 0.717) is 11.8 Å². The minimum absolute atomic E-state index is 0.463. The lowest BCUT2D eigenvalue weighted by atomic mass is 9.92. The molecule has 0 saturated carbocycles. The van der Waals surface area contributed by atoms with Gasteiger partial charge in [0, 0.05) is 25.0 Å². The number of anilines is 3. The number of para-hydroxylation sites is 1. The molecule has 4 nitrogen and oxygen atoms in total. The van der Waals surface area contributed by atoms with Crippen molar-refractivity contribution in [1.82, 2.24) is 9.97 Å². The van der Waals surface area contributed by atoms with E-state index in [2.05, 4.69) is 61.1 Å². The predicted molar refractivity (Wildman–Crippen MR) is 106 cm³/mol. The minimum atomic E-state index is 0.463. The monoisotopic (exact) mass is 338 g/mol. The second-order valence-electron chi connectivity index (χ2n) is 7.54. The fourth-order valence-electron chi connectivity index (χ4n) is 3.49. The van der Waals surface area contributed by atoms with Crippen molar-refractivity contribution < 1.29 is 0 Å². The molecule has 3 rings (SSSR count). The molecule has 2 aromatic rings. The van der Waals surface area contributed by atoms with Gasteiger partial charge in [-0.25, -0.2) is 4.98 Å². The summed E-state index contributed by atoms with van der Waals surface area (Å²) in [6.45, 7) is 11.1. The van der Waals surface area contributed by atoms with Gasteiger partial charge in [0.1, 0.15) is 5.82 Å². The van der Waals surface area contributed by atoms with Crippen LogP contribution in [0.2, 0.25) is 0 Å². The van der Waals surface area contributed by atoms with Gasteiger partial charge in [-0.15, -0.1) is 0 Å². The standard InChI is InChI=1S/C21H30N4/c1-15(2)17-9-8-10-18(16(3)4)20(17)23-19-11-12-22-21(24-19)25-13-6-5-7-14-25/h8-12,15-16H,5-7,13-14H2,1-4H3,(H,22,23,24). The Balaban J connectivity index is 1.92. The number of rotatable bonds is 5. The largest absolute Gasteiger partial charge is 0.341 e. The van der Waals surface area contributed by atoms with Crippen LogP contribution in [-0.4, -0.2) is 23.1 Å². The summed E-state index contributed by atoms with van der Waals surface area (Å²) < 4.78 is 0. The lowest BCUT2D eigenvalue weighted by Crippen LogP contribution is -2.31. The van der Waals surface area contributed by atoms with Crippen LogP contribution >= 0.6 is 0 Å². The van der Waals surface area contributed by atoms with E-state index in [4.69, 9.17) is 4.98 Å². The molecule has 0 amide bonds. The second-order valence-corrected chi connectivity index (χ2v) is 7.54. The first kappa shape index (κ1) is 17.7. The highest BCUT2D eigenvalue weighted by Crippen LogP contribution is 2.34. The maximum absolute atomic E-state index is 4.80. The third-order valence-electron chi connectivity index (χ3n) is 4.91. The molecule has 1 fully saturated rings. The molecule has 0 bridgehead atoms. The van der Waals surface area contributed by atoms with Crippen molar-refractivity contribution in [2.24, 2.45) is 0 Å². The van der Waals surface area contributed by atoms with Gasteiger partial charge in [-0.3, -0.25) is 0 Å². The molecular weight excluding hydrogens is 308 g/mol. The zero-order valence-electron chi connectivity index (χ0n) is 15.9. The molecule has 134 valence electrons. The molecule has 0 radical (unpaired) electrons. The Morgan fingerprint density at radius 3 is 2.16 bits per heavy atom. The van der Waals surface area contributed by atoms with Crippen molar-refractivity contribution in [3.63, 3.8) is 0 Å². The van der Waals surface area contributed by atoms with Crippen molar-refractivity contribution in [3.05, 3.63) is 41.6 Å². The summed E-state index contributed by atoms with van der Waals surface area (Å²) in [6.07, 6.45) is 5.64. The first-order valence-corrected chi connectivity index (χ1v) is 9.54. The lowest BCUT2D eigenvalue weighted by molar-refractivity contribution is 0.568. The van der Waals surface area contributed by atoms with Crippen molar-refractivity contribution in [2.45, 2.75) is 58.8 Å². The van der Waals surface area contributed by atoms with Crippen molar-refractivity contribution in [3.8, 4) is 0 Å². The number of aromatic nitrogens is 2. The number of benzene rings is 1. The average Bonchev–Trinajstić information content (AvgIpc) is 2.62. The molecular formula is C21H30N4. The van der Waals surface area contributed by atoms with Crippen LogP contribution in [0.1, 0.15) is 69.9 Å². The van der Waals surface area contributed by atoms with E-state index in [0.717, 1.165) is 24.9 Å². The van der Waals surface area contributed by atoms with Gasteiger partial charge in [0.05, 0.1) is 0 Å². The van der Waals surface area contributed by atoms with Crippen LogP contribution in [0.5, 0.6) is 0 Å². The molecule has 0 unspecified atom stereocenters. The van der Waals surface area contributed by atoms with E-state index >= 15 is 0 Å². The molecule has 1 aromatic carbocycles. The maximum Gasteiger partial charge on any atom is 0.227 e. The molecule has 2 heterocycles. The third-order valence-corrected chi connectivity index (χ3v) is 4.91. The maximum atomic E-state index is 4.80. The topological polar surface area (TPSA) is 41.1 Å². The van der Waals surface area contributed by atoms with Crippen LogP contribution < -0.4 is 10.2 Å². The second kappa shape index (κ2) is 7.85. The van der Waals surface area contributed by atoms with Crippen LogP contribution in [0.25, 0.3) is 0 Å². The van der Waals surface area contributed by atoms with Crippen LogP contribution in [0, 0.1) is 0 Å². The summed E-state index contributed by atoms with van der Waals surface area (Å²) in [5.74, 6) is 2.65. The minimum Gasteiger partial charge on any atom is -0.341 e. The highest BCUT2D eigenvalue weighted by atomic mass is 15.3. The van der Waals surface area contributed by atoms with Gasteiger partial charge in [-0.05, 0) is 48.3 Å². The summed E-state index contributed by atoms with van der Waals surface area (Å²) >= 11 is 0. The van der Waals surface area contributed by atoms with Crippen molar-refractivity contribution >= 4 is 17.5 Å². The van der Waals surface area contributed by atoms with E-state index in [1.165, 1.54) is 36.1 Å². The highest BCUT2D eigenvalue weighted by molar-refractivity contribution is 5.67. The highest BCUT2D eigenvalue weighted by Gasteiger charge is 2.16. The quantitative estimate of drug-likeness (QED) is 0.786. The van der Waals surface area contributed by atoms with Crippen LogP contribution in [0.4, 0.5) is 17.5 Å². The Kier molecular flexibility index (Phi) is 5.57. The fourth-order valence-corrected chi connectivity index (χ4v) is 3.49. The SMILES string of the molecule is CC(C)c1cccc(C(C)C)c1Nc1ccnc(N2CCCCC2)n1. The lowest BCUT2D eigenvalue weighted by Gasteiger charge is -2.27. The van der Waals surface area contributed by atoms with E-state index < -0.39 is 0 Å². The van der Waals surface area contributed by atoms with E-state index in [9.17, 15) is 0 Å². The number of hydrogen-bond acceptors (Lipinski definition) is 4. The fraction of sp³-hybridized carbons (Fsp3) is 0.524. The van der Waals surface area contributed by atoms with Crippen molar-refractivity contribution in [2.75, 3.05) is 23.3 Å². The molecule has 1 aromatic heterocycles. The van der Waals surface area contributed by atoms with E-state index in [1.54, 1.807) is 0 Å². The summed E-state index contributed by atoms with van der Waals surface area (Å²) in [5, 5.41) is 3.61. The smallest absolute Gasteiger partial charge is 0.227 e. The number of nitrogens with zero attached hydrogens (tertiary/aromatic N) is 3. The van der Waals surface area contributed by atoms with Crippen LogP contribution in [-0.2, 0) is 0 Å². The normalized spacial score (nSPS) is 15.0. The summed E-state index contributed by atoms with van der Waals surface area (Å²) in [6, 6.07) is 8.56. The molecule has 1 saturated heterocycles. The van der Waals surface area contributed by atoms with Crippen molar-refractivity contribution in [1.29, 1.82) is 0 Å². The van der Waals surface area contributed by atoms with Crippen LogP contribution in [0.3, 0.4) is 0 Å².